The van der Waals surface area contributed by atoms with Crippen molar-refractivity contribution in [2.75, 3.05) is 13.2 Å². The minimum absolute atomic E-state index is 0.132. The van der Waals surface area contributed by atoms with E-state index in [1.807, 2.05) is 6.08 Å². The predicted octanol–water partition coefficient (Wildman–Crippen LogP) is 20.2. The normalized spacial score (nSPS) is 18.2. The van der Waals surface area contributed by atoms with E-state index in [1.54, 1.807) is 6.08 Å². The highest BCUT2D eigenvalue weighted by molar-refractivity contribution is 5.80. The Kier molecular flexibility index (Phi) is 61.8. The number of hydrogen-bond donors (Lipinski definition) is 6. The van der Waals surface area contributed by atoms with Gasteiger partial charge in [0, 0.05) is 6.42 Å². The number of carbonyl (C=O) groups is 2. The minimum atomic E-state index is -1.61. The lowest BCUT2D eigenvalue weighted by Crippen LogP contribution is -2.61. The van der Waals surface area contributed by atoms with Crippen molar-refractivity contribution in [1.82, 2.24) is 5.32 Å². The molecule has 11 heteroatoms. The molecule has 0 aromatic rings. The zero-order valence-electron chi connectivity index (χ0n) is 57.7. The molecule has 1 amide bonds. The van der Waals surface area contributed by atoms with Crippen molar-refractivity contribution in [2.24, 2.45) is 0 Å². The van der Waals surface area contributed by atoms with Crippen LogP contribution in [0.25, 0.3) is 0 Å². The number of ether oxygens (including phenoxy) is 3. The number of hydrogen-bond acceptors (Lipinski definition) is 10. The third-order valence-corrected chi connectivity index (χ3v) is 18.7. The molecule has 0 saturated carbocycles. The molecular weight excluding hydrogens is 1090 g/mol. The van der Waals surface area contributed by atoms with Gasteiger partial charge in [-0.1, -0.05) is 380 Å². The first-order valence-electron chi connectivity index (χ1n) is 38.5. The molecule has 0 spiro atoms. The van der Waals surface area contributed by atoms with Gasteiger partial charge < -0.3 is 45.1 Å². The first-order chi connectivity index (χ1) is 42.7. The first-order valence-corrected chi connectivity index (χ1v) is 38.5. The minimum Gasteiger partial charge on any atom is -0.454 e. The van der Waals surface area contributed by atoms with Gasteiger partial charge in [-0.25, -0.2) is 0 Å². The summed E-state index contributed by atoms with van der Waals surface area (Å²) in [5.74, 6) is -1.17. The van der Waals surface area contributed by atoms with Gasteiger partial charge in [0.1, 0.15) is 24.4 Å². The van der Waals surface area contributed by atoms with E-state index >= 15 is 0 Å². The van der Waals surface area contributed by atoms with E-state index in [0.717, 1.165) is 57.8 Å². The van der Waals surface area contributed by atoms with Crippen LogP contribution in [0.4, 0.5) is 0 Å². The van der Waals surface area contributed by atoms with Gasteiger partial charge >= 0.3 is 5.97 Å². The molecule has 0 aromatic heterocycles. The molecule has 0 aromatic carbocycles. The number of aliphatic hydroxyl groups is 5. The van der Waals surface area contributed by atoms with Crippen molar-refractivity contribution in [2.45, 2.75) is 449 Å². The second kappa shape index (κ2) is 64.5. The van der Waals surface area contributed by atoms with Crippen LogP contribution in [0.15, 0.2) is 12.2 Å². The number of amides is 1. The standard InChI is InChI=1S/C76H147NO10/c1-4-7-10-13-16-19-22-25-27-29-31-33-34-35-37-38-40-42-45-48-51-54-57-60-63-69(80)75(84)77-67(68(79)62-59-56-53-50-47-44-24-21-18-15-12-9-6-3)66-85-76-74(73(83)72(82)70(65-78)86-76)87-71(81)64-61-58-55-52-49-46-43-41-39-36-32-30-28-26-23-20-17-14-11-8-5-2/h59,62,67-70,72-74,76,78-80,82-83H,4-58,60-61,63-66H2,1-3H3,(H,77,84)/b62-59+. The van der Waals surface area contributed by atoms with Gasteiger partial charge in [-0.05, 0) is 25.7 Å². The van der Waals surface area contributed by atoms with Gasteiger partial charge in [-0.2, -0.15) is 0 Å². The predicted molar refractivity (Wildman–Crippen MR) is 366 cm³/mol. The molecule has 1 heterocycles. The number of nitrogens with one attached hydrogen (secondary N) is 1. The maximum absolute atomic E-state index is 13.5. The summed E-state index contributed by atoms with van der Waals surface area (Å²) in [5.41, 5.74) is 0. The van der Waals surface area contributed by atoms with Crippen LogP contribution < -0.4 is 5.32 Å². The number of rotatable bonds is 68. The second-order valence-electron chi connectivity index (χ2n) is 27.1. The molecule has 6 N–H and O–H groups in total. The SMILES string of the molecule is CCCCCCCCCCCCC/C=C/C(O)C(COC1OC(CO)C(O)C(O)C1OC(=O)CCCCCCCCCCCCCCCCCCCCCCC)NC(=O)C(O)CCCCCCCCCCCCCCCCCCCCCCCCCC. The van der Waals surface area contributed by atoms with Crippen molar-refractivity contribution in [3.8, 4) is 0 Å². The number of allylic oxidation sites excluding steroid dienone is 1. The Labute approximate surface area is 538 Å². The largest absolute Gasteiger partial charge is 0.454 e. The van der Waals surface area contributed by atoms with E-state index in [4.69, 9.17) is 14.2 Å². The van der Waals surface area contributed by atoms with Gasteiger partial charge in [0.25, 0.3) is 0 Å². The lowest BCUT2D eigenvalue weighted by molar-refractivity contribution is -0.305. The summed E-state index contributed by atoms with van der Waals surface area (Å²) in [6, 6.07) is -1.02. The van der Waals surface area contributed by atoms with E-state index in [-0.39, 0.29) is 13.0 Å². The average Bonchev–Trinajstić information content (AvgIpc) is 2.50. The molecule has 1 fully saturated rings. The van der Waals surface area contributed by atoms with Gasteiger partial charge in [0.05, 0.1) is 25.4 Å². The van der Waals surface area contributed by atoms with Crippen LogP contribution in [0.3, 0.4) is 0 Å². The summed E-state index contributed by atoms with van der Waals surface area (Å²) < 4.78 is 17.7. The zero-order valence-corrected chi connectivity index (χ0v) is 57.7. The van der Waals surface area contributed by atoms with Crippen LogP contribution in [0, 0.1) is 0 Å². The summed E-state index contributed by atoms with van der Waals surface area (Å²) in [4.78, 5) is 26.7. The summed E-state index contributed by atoms with van der Waals surface area (Å²) in [6.45, 7) is 5.88. The second-order valence-corrected chi connectivity index (χ2v) is 27.1. The Balaban J connectivity index is 2.53. The lowest BCUT2D eigenvalue weighted by Gasteiger charge is -2.41. The highest BCUT2D eigenvalue weighted by atomic mass is 16.7. The Morgan fingerprint density at radius 3 is 1.08 bits per heavy atom. The number of esters is 1. The molecule has 1 aliphatic heterocycles. The summed E-state index contributed by atoms with van der Waals surface area (Å²) in [7, 11) is 0. The van der Waals surface area contributed by atoms with Crippen molar-refractivity contribution < 1.29 is 49.3 Å². The molecule has 1 saturated heterocycles. The van der Waals surface area contributed by atoms with Crippen molar-refractivity contribution in [3.05, 3.63) is 12.2 Å². The lowest BCUT2D eigenvalue weighted by atomic mass is 9.99. The van der Waals surface area contributed by atoms with Crippen molar-refractivity contribution in [3.63, 3.8) is 0 Å². The van der Waals surface area contributed by atoms with E-state index in [0.29, 0.717) is 19.3 Å². The third-order valence-electron chi connectivity index (χ3n) is 18.7. The zero-order chi connectivity index (χ0) is 63.1. The van der Waals surface area contributed by atoms with Crippen LogP contribution in [0.5, 0.6) is 0 Å². The van der Waals surface area contributed by atoms with Crippen LogP contribution in [-0.4, -0.2) is 99.6 Å². The monoisotopic (exact) mass is 1230 g/mol. The molecule has 1 rings (SSSR count). The van der Waals surface area contributed by atoms with Crippen LogP contribution >= 0.6 is 0 Å². The van der Waals surface area contributed by atoms with Crippen LogP contribution in [-0.2, 0) is 23.8 Å². The average molecular weight is 1240 g/mol. The van der Waals surface area contributed by atoms with E-state index in [1.165, 1.54) is 295 Å². The van der Waals surface area contributed by atoms with Crippen molar-refractivity contribution in [1.29, 1.82) is 0 Å². The van der Waals surface area contributed by atoms with E-state index < -0.39 is 67.4 Å². The molecule has 516 valence electrons. The van der Waals surface area contributed by atoms with Gasteiger partial charge in [0.15, 0.2) is 12.4 Å². The number of aliphatic hydroxyl groups excluding tert-OH is 5. The van der Waals surface area contributed by atoms with E-state index in [9.17, 15) is 35.1 Å². The molecule has 0 bridgehead atoms. The summed E-state index contributed by atoms with van der Waals surface area (Å²) in [5, 5.41) is 57.4. The topological polar surface area (TPSA) is 175 Å². The molecular formula is C76H147NO10. The molecule has 87 heavy (non-hydrogen) atoms. The fraction of sp³-hybridized carbons (Fsp3) is 0.947. The summed E-state index contributed by atoms with van der Waals surface area (Å²) in [6.07, 6.45) is 66.9. The van der Waals surface area contributed by atoms with Crippen molar-refractivity contribution >= 4 is 11.9 Å². The smallest absolute Gasteiger partial charge is 0.306 e. The fourth-order valence-electron chi connectivity index (χ4n) is 12.7. The fourth-order valence-corrected chi connectivity index (χ4v) is 12.7. The highest BCUT2D eigenvalue weighted by Gasteiger charge is 2.47. The molecule has 11 nitrogen and oxygen atoms in total. The maximum Gasteiger partial charge on any atom is 0.306 e. The molecule has 8 atom stereocenters. The third kappa shape index (κ3) is 51.6. The molecule has 8 unspecified atom stereocenters. The first kappa shape index (κ1) is 83.4. The Morgan fingerprint density at radius 1 is 0.437 bits per heavy atom. The number of carbonyl (C=O) groups excluding carboxylic acids is 2. The molecule has 1 aliphatic rings. The molecule has 0 aliphatic carbocycles. The van der Waals surface area contributed by atoms with E-state index in [2.05, 4.69) is 26.1 Å². The van der Waals surface area contributed by atoms with Crippen LogP contribution in [0.1, 0.15) is 400 Å². The van der Waals surface area contributed by atoms with Gasteiger partial charge in [-0.15, -0.1) is 0 Å². The highest BCUT2D eigenvalue weighted by Crippen LogP contribution is 2.27. The van der Waals surface area contributed by atoms with Crippen LogP contribution in [0.2, 0.25) is 0 Å². The van der Waals surface area contributed by atoms with Gasteiger partial charge in [0.2, 0.25) is 5.91 Å². The Morgan fingerprint density at radius 2 is 0.747 bits per heavy atom. The maximum atomic E-state index is 13.5. The number of unbranched alkanes of at least 4 members (excludes halogenated alkanes) is 54. The summed E-state index contributed by atoms with van der Waals surface area (Å²) >= 11 is 0. The molecule has 0 radical (unpaired) electrons. The Hall–Kier alpha value is -1.60. The van der Waals surface area contributed by atoms with Gasteiger partial charge in [-0.3, -0.25) is 9.59 Å². The Bertz CT molecular complexity index is 1470. The quantitative estimate of drug-likeness (QED) is 0.0195.